The Morgan fingerprint density at radius 3 is 2.13 bits per heavy atom. The molecule has 0 unspecified atom stereocenters. The fourth-order valence-electron chi connectivity index (χ4n) is 2.94. The molecule has 0 radical (unpaired) electrons. The maximum Gasteiger partial charge on any atom is 0.101 e. The fourth-order valence-corrected chi connectivity index (χ4v) is 2.94. The summed E-state index contributed by atoms with van der Waals surface area (Å²) in [5, 5.41) is 2.43. The zero-order valence-electron chi connectivity index (χ0n) is 14.6. The number of halogens is 1. The number of quaternary nitrogens is 1. The molecule has 0 heterocycles. The van der Waals surface area contributed by atoms with Gasteiger partial charge >= 0.3 is 0 Å². The number of benzene rings is 1. The first kappa shape index (κ1) is 21.9. The number of hydrogen-bond donors (Lipinski definition) is 1. The number of allylic oxidation sites excluding steroid dienone is 2. The van der Waals surface area contributed by atoms with Gasteiger partial charge in [-0.2, -0.15) is 0 Å². The van der Waals surface area contributed by atoms with E-state index in [1.807, 2.05) is 0 Å². The van der Waals surface area contributed by atoms with Crippen molar-refractivity contribution in [2.24, 2.45) is 5.92 Å². The van der Waals surface area contributed by atoms with Gasteiger partial charge in [0.2, 0.25) is 0 Å². The summed E-state index contributed by atoms with van der Waals surface area (Å²) in [6.45, 7) is 10.1. The van der Waals surface area contributed by atoms with E-state index in [9.17, 15) is 0 Å². The van der Waals surface area contributed by atoms with Gasteiger partial charge in [0.25, 0.3) is 0 Å². The van der Waals surface area contributed by atoms with E-state index >= 15 is 0 Å². The second kappa shape index (κ2) is 15.8. The minimum absolute atomic E-state index is 0. The maximum absolute atomic E-state index is 3.85. The lowest BCUT2D eigenvalue weighted by Gasteiger charge is -2.12. The van der Waals surface area contributed by atoms with Gasteiger partial charge in [-0.1, -0.05) is 61.7 Å². The Balaban J connectivity index is 0.00000484. The molecule has 1 nitrogen and oxygen atoms in total. The van der Waals surface area contributed by atoms with E-state index in [1.54, 1.807) is 0 Å². The van der Waals surface area contributed by atoms with Crippen molar-refractivity contribution in [3.05, 3.63) is 61.2 Å². The quantitative estimate of drug-likeness (QED) is 0.395. The molecule has 23 heavy (non-hydrogen) atoms. The minimum Gasteiger partial charge on any atom is -1.00 e. The minimum atomic E-state index is 0. The van der Waals surface area contributed by atoms with Crippen molar-refractivity contribution in [3.63, 3.8) is 0 Å². The molecule has 130 valence electrons. The summed E-state index contributed by atoms with van der Waals surface area (Å²) in [4.78, 5) is 0. The van der Waals surface area contributed by atoms with Crippen molar-refractivity contribution in [2.75, 3.05) is 6.54 Å². The van der Waals surface area contributed by atoms with Gasteiger partial charge in [-0.05, 0) is 38.0 Å². The van der Waals surface area contributed by atoms with Crippen molar-refractivity contribution >= 4 is 0 Å². The van der Waals surface area contributed by atoms with Crippen LogP contribution in [0.5, 0.6) is 0 Å². The van der Waals surface area contributed by atoms with Gasteiger partial charge in [0.15, 0.2) is 0 Å². The van der Waals surface area contributed by atoms with E-state index in [-0.39, 0.29) is 12.4 Å². The van der Waals surface area contributed by atoms with Crippen molar-refractivity contribution in [3.8, 4) is 0 Å². The molecule has 2 heteroatoms. The second-order valence-corrected chi connectivity index (χ2v) is 6.24. The summed E-state index contributed by atoms with van der Waals surface area (Å²) in [5.41, 5.74) is 1.43. The molecule has 0 fully saturated rings. The maximum atomic E-state index is 3.85. The Morgan fingerprint density at radius 1 is 0.870 bits per heavy atom. The van der Waals surface area contributed by atoms with Crippen molar-refractivity contribution < 1.29 is 17.7 Å². The van der Waals surface area contributed by atoms with Crippen molar-refractivity contribution in [2.45, 2.75) is 57.9 Å². The molecular weight excluding hydrogens is 302 g/mol. The smallest absolute Gasteiger partial charge is 0.101 e. The highest BCUT2D eigenvalue weighted by molar-refractivity contribution is 5.12. The van der Waals surface area contributed by atoms with E-state index in [1.165, 1.54) is 50.6 Å². The third-order valence-corrected chi connectivity index (χ3v) is 4.24. The zero-order chi connectivity index (χ0) is 15.9. The molecule has 0 aliphatic carbocycles. The van der Waals surface area contributed by atoms with Gasteiger partial charge in [-0.25, -0.2) is 0 Å². The lowest BCUT2D eigenvalue weighted by atomic mass is 9.94. The topological polar surface area (TPSA) is 16.6 Å². The van der Waals surface area contributed by atoms with Gasteiger partial charge in [-0.15, -0.1) is 13.2 Å². The molecule has 0 aliphatic heterocycles. The van der Waals surface area contributed by atoms with E-state index in [4.69, 9.17) is 0 Å². The highest BCUT2D eigenvalue weighted by Gasteiger charge is 2.04. The van der Waals surface area contributed by atoms with Crippen LogP contribution < -0.4 is 17.7 Å². The summed E-state index contributed by atoms with van der Waals surface area (Å²) in [6, 6.07) is 10.7. The largest absolute Gasteiger partial charge is 1.00 e. The number of rotatable bonds is 14. The number of nitrogens with two attached hydrogens (primary N) is 1. The Bertz CT molecular complexity index is 378. The third-order valence-electron chi connectivity index (χ3n) is 4.24. The molecular formula is C21H34ClN. The lowest BCUT2D eigenvalue weighted by molar-refractivity contribution is -0.671. The van der Waals surface area contributed by atoms with E-state index in [0.717, 1.165) is 25.3 Å². The number of hydrogen-bond acceptors (Lipinski definition) is 0. The van der Waals surface area contributed by atoms with Crippen LogP contribution in [0.1, 0.15) is 56.9 Å². The van der Waals surface area contributed by atoms with Gasteiger partial charge in [0.1, 0.15) is 6.54 Å². The van der Waals surface area contributed by atoms with Gasteiger partial charge < -0.3 is 17.7 Å². The van der Waals surface area contributed by atoms with E-state index in [2.05, 4.69) is 61.0 Å². The van der Waals surface area contributed by atoms with Gasteiger partial charge in [0, 0.05) is 5.56 Å². The highest BCUT2D eigenvalue weighted by Crippen LogP contribution is 2.18. The molecule has 0 aromatic heterocycles. The molecule has 0 saturated heterocycles. The Morgan fingerprint density at radius 2 is 1.48 bits per heavy atom. The van der Waals surface area contributed by atoms with Crippen LogP contribution in [0, 0.1) is 5.92 Å². The molecule has 0 saturated carbocycles. The summed E-state index contributed by atoms with van der Waals surface area (Å²) < 4.78 is 0. The predicted octanol–water partition coefficient (Wildman–Crippen LogP) is 1.86. The first-order valence-electron chi connectivity index (χ1n) is 8.94. The molecule has 2 N–H and O–H groups in total. The fraction of sp³-hybridized carbons (Fsp3) is 0.524. The van der Waals surface area contributed by atoms with Gasteiger partial charge in [0.05, 0.1) is 6.54 Å². The van der Waals surface area contributed by atoms with Crippen LogP contribution in [0.2, 0.25) is 0 Å². The highest BCUT2D eigenvalue weighted by atomic mass is 35.5. The van der Waals surface area contributed by atoms with Crippen molar-refractivity contribution in [1.82, 2.24) is 0 Å². The molecule has 0 amide bonds. The first-order valence-corrected chi connectivity index (χ1v) is 8.94. The summed E-state index contributed by atoms with van der Waals surface area (Å²) in [6.07, 6.45) is 14.6. The van der Waals surface area contributed by atoms with Crippen LogP contribution in [0.3, 0.4) is 0 Å². The molecule has 0 atom stereocenters. The second-order valence-electron chi connectivity index (χ2n) is 6.24. The predicted molar refractivity (Wildman–Crippen MR) is 97.8 cm³/mol. The van der Waals surface area contributed by atoms with Crippen LogP contribution in [0.15, 0.2) is 55.6 Å². The molecule has 0 bridgehead atoms. The monoisotopic (exact) mass is 335 g/mol. The standard InChI is InChI=1S/C21H33N.ClH/c1-3-13-20(14-4-2)15-9-6-5-7-12-18-22-19-21-16-10-8-11-17-21;/h3-4,8,10-11,16-17,20,22H,1-2,5-7,9,12-15,18-19H2;1H. The Kier molecular flexibility index (Phi) is 15.1. The molecule has 0 aliphatic rings. The van der Waals surface area contributed by atoms with Crippen LogP contribution >= 0.6 is 0 Å². The normalized spacial score (nSPS) is 10.3. The Labute approximate surface area is 149 Å². The van der Waals surface area contributed by atoms with Crippen molar-refractivity contribution in [1.29, 1.82) is 0 Å². The van der Waals surface area contributed by atoms with E-state index in [0.29, 0.717) is 0 Å². The zero-order valence-corrected chi connectivity index (χ0v) is 15.3. The van der Waals surface area contributed by atoms with Crippen LogP contribution in [0.4, 0.5) is 0 Å². The van der Waals surface area contributed by atoms with Crippen LogP contribution in [-0.4, -0.2) is 6.54 Å². The number of unbranched alkanes of at least 4 members (excludes halogenated alkanes) is 4. The van der Waals surface area contributed by atoms with Crippen LogP contribution in [0.25, 0.3) is 0 Å². The van der Waals surface area contributed by atoms with Gasteiger partial charge in [-0.3, -0.25) is 0 Å². The SMILES string of the molecule is C=CCC(CC=C)CCCCCCC[NH2+]Cc1ccccc1.[Cl-]. The first-order chi connectivity index (χ1) is 10.9. The lowest BCUT2D eigenvalue weighted by Crippen LogP contribution is -3.00. The van der Waals surface area contributed by atoms with E-state index < -0.39 is 0 Å². The molecule has 1 rings (SSSR count). The molecule has 1 aromatic rings. The average molecular weight is 336 g/mol. The molecule has 0 spiro atoms. The summed E-state index contributed by atoms with van der Waals surface area (Å²) in [5.74, 6) is 0.772. The summed E-state index contributed by atoms with van der Waals surface area (Å²) in [7, 11) is 0. The third kappa shape index (κ3) is 12.1. The van der Waals surface area contributed by atoms with Crippen LogP contribution in [-0.2, 0) is 6.54 Å². The average Bonchev–Trinajstić information content (AvgIpc) is 2.54. The Hall–Kier alpha value is -1.05. The summed E-state index contributed by atoms with van der Waals surface area (Å²) >= 11 is 0. The molecule has 1 aromatic carbocycles.